The first-order valence-electron chi connectivity index (χ1n) is 4.92. The minimum absolute atomic E-state index is 0.201. The van der Waals surface area contributed by atoms with E-state index in [1.807, 2.05) is 13.8 Å². The first kappa shape index (κ1) is 9.44. The summed E-state index contributed by atoms with van der Waals surface area (Å²) in [7, 11) is 0. The fraction of sp³-hybridized carbons (Fsp3) is 1.00. The third-order valence-electron chi connectivity index (χ3n) is 3.80. The Morgan fingerprint density at radius 2 is 1.54 bits per heavy atom. The smallest absolute Gasteiger partial charge is 0.118 e. The molecule has 0 radical (unpaired) electrons. The van der Waals surface area contributed by atoms with E-state index in [2.05, 4.69) is 0 Å². The number of hydrogen-bond donors (Lipinski definition) is 2. The van der Waals surface area contributed by atoms with Gasteiger partial charge in [0.05, 0.1) is 17.8 Å². The molecule has 3 aliphatic rings. The van der Waals surface area contributed by atoms with Gasteiger partial charge in [0.25, 0.3) is 0 Å². The molecule has 2 N–H and O–H groups in total. The Labute approximate surface area is 78.7 Å². The molecular formula is C10H18O3. The van der Waals surface area contributed by atoms with E-state index in [1.165, 1.54) is 0 Å². The topological polar surface area (TPSA) is 49.7 Å². The average Bonchev–Trinajstić information content (AvgIpc) is 1.96. The molecule has 1 saturated carbocycles. The standard InChI is InChI=1S/C10H18O3/c1-9(2)6-4-7(11)10(3,13-9)8(12)5-6/h6-8,11-12H,4-5H2,1-3H3/t6?,7-,8-,10?/m0/s1. The Morgan fingerprint density at radius 3 is 1.92 bits per heavy atom. The second-order valence-electron chi connectivity index (χ2n) is 5.09. The number of aliphatic hydroxyl groups excluding tert-OH is 2. The van der Waals surface area contributed by atoms with Crippen LogP contribution in [0.2, 0.25) is 0 Å². The predicted molar refractivity (Wildman–Crippen MR) is 48.3 cm³/mol. The summed E-state index contributed by atoms with van der Waals surface area (Å²) in [5, 5.41) is 19.6. The molecule has 0 aromatic heterocycles. The summed E-state index contributed by atoms with van der Waals surface area (Å²) in [6.45, 7) is 5.88. The molecule has 3 nitrogen and oxygen atoms in total. The largest absolute Gasteiger partial charge is 0.390 e. The fourth-order valence-electron chi connectivity index (χ4n) is 2.68. The van der Waals surface area contributed by atoms with Crippen molar-refractivity contribution in [1.29, 1.82) is 0 Å². The quantitative estimate of drug-likeness (QED) is 0.585. The molecule has 0 unspecified atom stereocenters. The van der Waals surface area contributed by atoms with Gasteiger partial charge in [-0.15, -0.1) is 0 Å². The van der Waals surface area contributed by atoms with Crippen molar-refractivity contribution in [2.24, 2.45) is 5.92 Å². The molecule has 76 valence electrons. The Kier molecular flexibility index (Phi) is 1.79. The molecule has 0 aromatic carbocycles. The van der Waals surface area contributed by atoms with Crippen molar-refractivity contribution in [3.05, 3.63) is 0 Å². The van der Waals surface area contributed by atoms with Gasteiger partial charge in [-0.3, -0.25) is 0 Å². The first-order chi connectivity index (χ1) is 5.86. The maximum absolute atomic E-state index is 9.78. The van der Waals surface area contributed by atoms with Crippen molar-refractivity contribution in [1.82, 2.24) is 0 Å². The Hall–Kier alpha value is -0.120. The molecule has 3 fully saturated rings. The second-order valence-corrected chi connectivity index (χ2v) is 5.09. The zero-order chi connectivity index (χ0) is 9.85. The molecule has 0 amide bonds. The van der Waals surface area contributed by atoms with Gasteiger partial charge in [-0.05, 0) is 39.5 Å². The highest BCUT2D eigenvalue weighted by atomic mass is 16.6. The zero-order valence-electron chi connectivity index (χ0n) is 8.45. The molecule has 0 spiro atoms. The van der Waals surface area contributed by atoms with Crippen LogP contribution < -0.4 is 0 Å². The molecule has 2 saturated heterocycles. The monoisotopic (exact) mass is 186 g/mol. The second kappa shape index (κ2) is 2.47. The Balaban J connectivity index is 2.32. The van der Waals surface area contributed by atoms with Crippen molar-refractivity contribution in [3.8, 4) is 0 Å². The van der Waals surface area contributed by atoms with Gasteiger partial charge in [-0.1, -0.05) is 0 Å². The van der Waals surface area contributed by atoms with E-state index in [-0.39, 0.29) is 11.5 Å². The summed E-state index contributed by atoms with van der Waals surface area (Å²) < 4.78 is 5.78. The molecule has 2 heterocycles. The molecule has 1 aliphatic carbocycles. The Bertz CT molecular complexity index is 212. The van der Waals surface area contributed by atoms with Crippen LogP contribution in [0.5, 0.6) is 0 Å². The van der Waals surface area contributed by atoms with E-state index in [4.69, 9.17) is 4.74 Å². The van der Waals surface area contributed by atoms with Crippen LogP contribution in [-0.2, 0) is 4.74 Å². The molecule has 2 aliphatic heterocycles. The summed E-state index contributed by atoms with van der Waals surface area (Å²) in [4.78, 5) is 0. The van der Waals surface area contributed by atoms with Crippen molar-refractivity contribution >= 4 is 0 Å². The highest BCUT2D eigenvalue weighted by Gasteiger charge is 2.58. The van der Waals surface area contributed by atoms with Crippen molar-refractivity contribution in [2.45, 2.75) is 57.0 Å². The number of ether oxygens (including phenoxy) is 1. The third-order valence-corrected chi connectivity index (χ3v) is 3.80. The van der Waals surface area contributed by atoms with E-state index >= 15 is 0 Å². The van der Waals surface area contributed by atoms with Gasteiger partial charge >= 0.3 is 0 Å². The van der Waals surface area contributed by atoms with E-state index < -0.39 is 17.8 Å². The lowest BCUT2D eigenvalue weighted by atomic mass is 9.66. The van der Waals surface area contributed by atoms with Crippen LogP contribution in [0.3, 0.4) is 0 Å². The van der Waals surface area contributed by atoms with E-state index in [1.54, 1.807) is 6.92 Å². The minimum atomic E-state index is -0.752. The lowest BCUT2D eigenvalue weighted by Gasteiger charge is -2.58. The van der Waals surface area contributed by atoms with E-state index in [0.29, 0.717) is 0 Å². The van der Waals surface area contributed by atoms with E-state index in [0.717, 1.165) is 12.8 Å². The Morgan fingerprint density at radius 1 is 1.08 bits per heavy atom. The number of rotatable bonds is 0. The highest BCUT2D eigenvalue weighted by molar-refractivity contribution is 5.07. The summed E-state index contributed by atoms with van der Waals surface area (Å²) >= 11 is 0. The number of fused-ring (bicyclic) bond motifs is 3. The maximum Gasteiger partial charge on any atom is 0.118 e. The molecule has 2 atom stereocenters. The average molecular weight is 186 g/mol. The number of hydrogen-bond acceptors (Lipinski definition) is 3. The van der Waals surface area contributed by atoms with Gasteiger partial charge in [-0.2, -0.15) is 0 Å². The summed E-state index contributed by atoms with van der Waals surface area (Å²) in [5.74, 6) is 0.277. The maximum atomic E-state index is 9.78. The molecule has 0 aromatic rings. The minimum Gasteiger partial charge on any atom is -0.390 e. The van der Waals surface area contributed by atoms with Crippen LogP contribution in [0.4, 0.5) is 0 Å². The van der Waals surface area contributed by atoms with Crippen molar-refractivity contribution in [2.75, 3.05) is 0 Å². The number of aliphatic hydroxyl groups is 2. The van der Waals surface area contributed by atoms with Crippen LogP contribution in [-0.4, -0.2) is 33.6 Å². The lowest BCUT2D eigenvalue weighted by molar-refractivity contribution is -0.311. The highest BCUT2D eigenvalue weighted by Crippen LogP contribution is 2.49. The third kappa shape index (κ3) is 1.14. The molecule has 3 heteroatoms. The van der Waals surface area contributed by atoms with Crippen LogP contribution in [0.25, 0.3) is 0 Å². The van der Waals surface area contributed by atoms with Crippen molar-refractivity contribution < 1.29 is 14.9 Å². The fourth-order valence-corrected chi connectivity index (χ4v) is 2.68. The van der Waals surface area contributed by atoms with Crippen LogP contribution in [0.15, 0.2) is 0 Å². The lowest BCUT2D eigenvalue weighted by Crippen LogP contribution is -2.67. The van der Waals surface area contributed by atoms with Crippen LogP contribution >= 0.6 is 0 Å². The summed E-state index contributed by atoms with van der Waals surface area (Å²) in [6, 6.07) is 0. The molecule has 13 heavy (non-hydrogen) atoms. The van der Waals surface area contributed by atoms with Gasteiger partial charge in [0.2, 0.25) is 0 Å². The SMILES string of the molecule is CC1(C)OC2(C)[C@@H](O)CC1C[C@@H]2O. The van der Waals surface area contributed by atoms with Gasteiger partial charge in [0.1, 0.15) is 5.60 Å². The van der Waals surface area contributed by atoms with Gasteiger partial charge in [-0.25, -0.2) is 0 Å². The molecular weight excluding hydrogens is 168 g/mol. The zero-order valence-corrected chi connectivity index (χ0v) is 8.45. The molecule has 2 bridgehead atoms. The summed E-state index contributed by atoms with van der Waals surface area (Å²) in [5.41, 5.74) is -0.953. The van der Waals surface area contributed by atoms with Crippen LogP contribution in [0, 0.1) is 5.92 Å². The van der Waals surface area contributed by atoms with Crippen molar-refractivity contribution in [3.63, 3.8) is 0 Å². The first-order valence-corrected chi connectivity index (χ1v) is 4.92. The summed E-state index contributed by atoms with van der Waals surface area (Å²) in [6.07, 6.45) is 0.463. The normalized spacial score (nSPS) is 53.8. The van der Waals surface area contributed by atoms with Gasteiger partial charge in [0, 0.05) is 0 Å². The van der Waals surface area contributed by atoms with Gasteiger partial charge in [0.15, 0.2) is 0 Å². The van der Waals surface area contributed by atoms with Gasteiger partial charge < -0.3 is 14.9 Å². The van der Waals surface area contributed by atoms with Crippen LogP contribution in [0.1, 0.15) is 33.6 Å². The predicted octanol–water partition coefficient (Wildman–Crippen LogP) is 0.686. The van der Waals surface area contributed by atoms with E-state index in [9.17, 15) is 10.2 Å². The molecule has 3 rings (SSSR count).